The minimum atomic E-state index is -0.118. The van der Waals surface area contributed by atoms with Crippen molar-refractivity contribution in [2.24, 2.45) is 0 Å². The van der Waals surface area contributed by atoms with E-state index < -0.39 is 0 Å². The number of hydrogen-bond donors (Lipinski definition) is 1. The predicted molar refractivity (Wildman–Crippen MR) is 96.0 cm³/mol. The fraction of sp³-hybridized carbons (Fsp3) is 0.100. The number of nitrogens with zero attached hydrogens (tertiary/aromatic N) is 2. The Bertz CT molecular complexity index is 1090. The van der Waals surface area contributed by atoms with Crippen molar-refractivity contribution < 1.29 is 18.7 Å². The fourth-order valence-electron chi connectivity index (χ4n) is 2.93. The topological polar surface area (TPSA) is 105 Å². The highest BCUT2D eigenvalue weighted by atomic mass is 16.5. The molecule has 0 saturated heterocycles. The lowest BCUT2D eigenvalue weighted by atomic mass is 10.1. The molecule has 1 N–H and O–H groups in total. The Balaban J connectivity index is 1.63. The quantitative estimate of drug-likeness (QED) is 0.702. The fourth-order valence-corrected chi connectivity index (χ4v) is 2.93. The Morgan fingerprint density at radius 2 is 2.11 bits per heavy atom. The number of nitrogens with one attached hydrogen (secondary N) is 1. The van der Waals surface area contributed by atoms with Gasteiger partial charge >= 0.3 is 0 Å². The summed E-state index contributed by atoms with van der Waals surface area (Å²) in [4.78, 5) is 26.4. The Labute approximate surface area is 154 Å². The number of nitriles is 1. The molecule has 2 aromatic carbocycles. The van der Waals surface area contributed by atoms with Crippen molar-refractivity contribution in [3.05, 3.63) is 53.8 Å². The van der Waals surface area contributed by atoms with Gasteiger partial charge in [-0.3, -0.25) is 9.59 Å². The van der Waals surface area contributed by atoms with Crippen molar-refractivity contribution >= 4 is 17.9 Å². The second-order valence-corrected chi connectivity index (χ2v) is 5.94. The van der Waals surface area contributed by atoms with E-state index in [1.807, 2.05) is 24.3 Å². The molecular formula is C20H13N3O4. The number of aromatic nitrogens is 1. The summed E-state index contributed by atoms with van der Waals surface area (Å²) in [5.74, 6) is 0.665. The first-order chi connectivity index (χ1) is 13.2. The minimum Gasteiger partial charge on any atom is -0.485 e. The van der Waals surface area contributed by atoms with Crippen molar-refractivity contribution in [3.8, 4) is 34.5 Å². The predicted octanol–water partition coefficient (Wildman–Crippen LogP) is 2.95. The molecule has 0 aliphatic carbocycles. The van der Waals surface area contributed by atoms with Gasteiger partial charge in [0, 0.05) is 16.8 Å². The van der Waals surface area contributed by atoms with Gasteiger partial charge in [0.15, 0.2) is 6.29 Å². The van der Waals surface area contributed by atoms with Crippen LogP contribution in [0.3, 0.4) is 0 Å². The Hall–Kier alpha value is -3.92. The van der Waals surface area contributed by atoms with E-state index in [9.17, 15) is 14.9 Å². The molecule has 0 spiro atoms. The zero-order chi connectivity index (χ0) is 18.8. The maximum Gasteiger partial charge on any atom is 0.228 e. The molecule has 1 aliphatic heterocycles. The molecule has 0 atom stereocenters. The summed E-state index contributed by atoms with van der Waals surface area (Å²) in [5.41, 5.74) is 4.12. The molecule has 0 bridgehead atoms. The van der Waals surface area contributed by atoms with Crippen LogP contribution < -0.4 is 10.1 Å². The van der Waals surface area contributed by atoms with Crippen LogP contribution in [0.5, 0.6) is 5.75 Å². The molecular weight excluding hydrogens is 346 g/mol. The van der Waals surface area contributed by atoms with Gasteiger partial charge in [-0.25, -0.2) is 4.98 Å². The summed E-state index contributed by atoms with van der Waals surface area (Å²) >= 11 is 0. The Kier molecular flexibility index (Phi) is 4.15. The molecule has 1 aliphatic rings. The molecule has 7 nitrogen and oxygen atoms in total. The molecule has 1 amide bonds. The van der Waals surface area contributed by atoms with Crippen LogP contribution in [0, 0.1) is 11.3 Å². The van der Waals surface area contributed by atoms with Gasteiger partial charge in [-0.2, -0.15) is 5.26 Å². The van der Waals surface area contributed by atoms with E-state index in [1.165, 1.54) is 6.26 Å². The first-order valence-corrected chi connectivity index (χ1v) is 8.17. The number of hydrogen-bond acceptors (Lipinski definition) is 6. The molecule has 0 fully saturated rings. The van der Waals surface area contributed by atoms with Gasteiger partial charge in [0.25, 0.3) is 0 Å². The van der Waals surface area contributed by atoms with Crippen LogP contribution in [-0.2, 0) is 16.0 Å². The number of anilines is 1. The lowest BCUT2D eigenvalue weighted by molar-refractivity contribution is -0.115. The number of fused-ring (bicyclic) bond motifs is 1. The van der Waals surface area contributed by atoms with Crippen LogP contribution in [0.15, 0.2) is 47.1 Å². The standard InChI is InChI=1S/C20H13N3O4/c21-10-15-8-13(2-4-18(15)26-6-5-24)20-23-17(11-27-20)12-1-3-16-14(7-12)9-19(25)22-16/h1-5,7-8,11H,6,9H2,(H,22,25). The first kappa shape index (κ1) is 16.5. The van der Waals surface area contributed by atoms with E-state index in [-0.39, 0.29) is 18.1 Å². The zero-order valence-corrected chi connectivity index (χ0v) is 14.1. The zero-order valence-electron chi connectivity index (χ0n) is 14.1. The number of carbonyl (C=O) groups excluding carboxylic acids is 2. The van der Waals surface area contributed by atoms with E-state index in [1.54, 1.807) is 18.2 Å². The normalized spacial score (nSPS) is 12.2. The summed E-state index contributed by atoms with van der Waals surface area (Å²) in [6.07, 6.45) is 2.50. The Morgan fingerprint density at radius 3 is 2.93 bits per heavy atom. The maximum absolute atomic E-state index is 11.5. The molecule has 4 rings (SSSR count). The molecule has 0 radical (unpaired) electrons. The number of benzene rings is 2. The number of aldehydes is 1. The molecule has 2 heterocycles. The van der Waals surface area contributed by atoms with Crippen molar-refractivity contribution in [3.63, 3.8) is 0 Å². The molecule has 0 unspecified atom stereocenters. The average molecular weight is 359 g/mol. The summed E-state index contributed by atoms with van der Waals surface area (Å²) in [6, 6.07) is 12.6. The third kappa shape index (κ3) is 3.16. The average Bonchev–Trinajstić information content (AvgIpc) is 3.31. The van der Waals surface area contributed by atoms with E-state index >= 15 is 0 Å². The largest absolute Gasteiger partial charge is 0.485 e. The van der Waals surface area contributed by atoms with Gasteiger partial charge < -0.3 is 14.5 Å². The Morgan fingerprint density at radius 1 is 1.26 bits per heavy atom. The number of oxazole rings is 1. The second-order valence-electron chi connectivity index (χ2n) is 5.94. The highest BCUT2D eigenvalue weighted by Gasteiger charge is 2.19. The van der Waals surface area contributed by atoms with Crippen molar-refractivity contribution in [1.82, 2.24) is 4.98 Å². The molecule has 132 valence electrons. The van der Waals surface area contributed by atoms with Gasteiger partial charge in [0.1, 0.15) is 30.4 Å². The number of ether oxygens (including phenoxy) is 1. The lowest BCUT2D eigenvalue weighted by Crippen LogP contribution is -2.03. The van der Waals surface area contributed by atoms with Gasteiger partial charge in [0.2, 0.25) is 11.8 Å². The van der Waals surface area contributed by atoms with Crippen molar-refractivity contribution in [2.75, 3.05) is 11.9 Å². The van der Waals surface area contributed by atoms with Gasteiger partial charge in [-0.1, -0.05) is 6.07 Å². The monoisotopic (exact) mass is 359 g/mol. The van der Waals surface area contributed by atoms with Gasteiger partial charge in [-0.05, 0) is 35.9 Å². The molecule has 27 heavy (non-hydrogen) atoms. The van der Waals surface area contributed by atoms with E-state index in [0.717, 1.165) is 16.8 Å². The van der Waals surface area contributed by atoms with E-state index in [2.05, 4.69) is 10.3 Å². The van der Waals surface area contributed by atoms with Crippen LogP contribution in [0.2, 0.25) is 0 Å². The maximum atomic E-state index is 11.5. The van der Waals surface area contributed by atoms with Gasteiger partial charge in [0.05, 0.1) is 12.0 Å². The summed E-state index contributed by atoms with van der Waals surface area (Å²) < 4.78 is 10.8. The summed E-state index contributed by atoms with van der Waals surface area (Å²) in [5, 5.41) is 12.1. The number of rotatable bonds is 5. The third-order valence-electron chi connectivity index (χ3n) is 4.18. The number of amides is 1. The van der Waals surface area contributed by atoms with Crippen LogP contribution in [0.1, 0.15) is 11.1 Å². The minimum absolute atomic E-state index is 0.0242. The van der Waals surface area contributed by atoms with Crippen LogP contribution in [0.4, 0.5) is 5.69 Å². The molecule has 7 heteroatoms. The highest BCUT2D eigenvalue weighted by Crippen LogP contribution is 2.31. The first-order valence-electron chi connectivity index (χ1n) is 8.17. The van der Waals surface area contributed by atoms with E-state index in [0.29, 0.717) is 35.6 Å². The second kappa shape index (κ2) is 6.77. The summed E-state index contributed by atoms with van der Waals surface area (Å²) in [6.45, 7) is -0.118. The van der Waals surface area contributed by atoms with Crippen LogP contribution in [-0.4, -0.2) is 23.8 Å². The van der Waals surface area contributed by atoms with Gasteiger partial charge in [-0.15, -0.1) is 0 Å². The van der Waals surface area contributed by atoms with Crippen LogP contribution in [0.25, 0.3) is 22.7 Å². The highest BCUT2D eigenvalue weighted by molar-refractivity contribution is 5.99. The van der Waals surface area contributed by atoms with Crippen molar-refractivity contribution in [1.29, 1.82) is 5.26 Å². The van der Waals surface area contributed by atoms with Crippen LogP contribution >= 0.6 is 0 Å². The summed E-state index contributed by atoms with van der Waals surface area (Å²) in [7, 11) is 0. The van der Waals surface area contributed by atoms with E-state index in [4.69, 9.17) is 9.15 Å². The number of carbonyl (C=O) groups is 2. The molecule has 0 saturated carbocycles. The van der Waals surface area contributed by atoms with Crippen molar-refractivity contribution in [2.45, 2.75) is 6.42 Å². The smallest absolute Gasteiger partial charge is 0.228 e. The molecule has 1 aromatic heterocycles. The lowest BCUT2D eigenvalue weighted by Gasteiger charge is -2.05. The third-order valence-corrected chi connectivity index (χ3v) is 4.18. The SMILES string of the molecule is N#Cc1cc(-c2nc(-c3ccc4c(c3)CC(=O)N4)co2)ccc1OCC=O. The molecule has 3 aromatic rings.